The minimum absolute atomic E-state index is 0.142. The maximum absolute atomic E-state index is 13.1. The number of amides is 1. The summed E-state index contributed by atoms with van der Waals surface area (Å²) in [5.41, 5.74) is 0.113. The number of aliphatic hydroxyl groups is 1. The molecule has 1 saturated carbocycles. The molecule has 2 aromatic rings. The quantitative estimate of drug-likeness (QED) is 0.597. The lowest BCUT2D eigenvalue weighted by Crippen LogP contribution is -2.74. The Balaban J connectivity index is 1.41. The van der Waals surface area contributed by atoms with Gasteiger partial charge in [0.15, 0.2) is 0 Å². The molecule has 8 nitrogen and oxygen atoms in total. The minimum atomic E-state index is -0.352. The molecule has 2 N–H and O–H groups in total. The van der Waals surface area contributed by atoms with Crippen LogP contribution in [0.3, 0.4) is 0 Å². The molecular formula is C27H34ClN5O3. The summed E-state index contributed by atoms with van der Waals surface area (Å²) in [5.74, 6) is 1.32. The number of aromatic nitrogens is 2. The predicted molar refractivity (Wildman–Crippen MR) is 138 cm³/mol. The molecule has 192 valence electrons. The van der Waals surface area contributed by atoms with Crippen molar-refractivity contribution in [2.75, 3.05) is 24.6 Å². The maximum atomic E-state index is 13.1. The second-order valence-electron chi connectivity index (χ2n) is 11.0. The minimum Gasteiger partial charge on any atom is -0.489 e. The number of halogens is 1. The smallest absolute Gasteiger partial charge is 0.254 e. The molecule has 1 amide bonds. The topological polar surface area (TPSA) is 111 Å². The lowest BCUT2D eigenvalue weighted by Gasteiger charge is -2.63. The molecular weight excluding hydrogens is 478 g/mol. The SMILES string of the molecule is CC1(C)C(NC(=O)c2cnc(N3CCCC(CO)CC3)nc2)C(C)(C)C1Oc1ccc(C#N)c(Cl)c1. The van der Waals surface area contributed by atoms with Gasteiger partial charge in [0.05, 0.1) is 16.1 Å². The van der Waals surface area contributed by atoms with Crippen molar-refractivity contribution in [3.05, 3.63) is 46.7 Å². The Kier molecular flexibility index (Phi) is 7.44. The van der Waals surface area contributed by atoms with Crippen molar-refractivity contribution in [2.45, 2.75) is 59.1 Å². The highest BCUT2D eigenvalue weighted by Gasteiger charge is 2.64. The predicted octanol–water partition coefficient (Wildman–Crippen LogP) is 4.21. The number of hydrogen-bond acceptors (Lipinski definition) is 7. The Hall–Kier alpha value is -2.89. The van der Waals surface area contributed by atoms with E-state index in [1.165, 1.54) is 0 Å². The van der Waals surface area contributed by atoms with Crippen molar-refractivity contribution in [3.63, 3.8) is 0 Å². The van der Waals surface area contributed by atoms with Crippen LogP contribution in [0.1, 0.15) is 62.9 Å². The average Bonchev–Trinajstić information content (AvgIpc) is 3.11. The van der Waals surface area contributed by atoms with Gasteiger partial charge in [-0.15, -0.1) is 0 Å². The Morgan fingerprint density at radius 2 is 1.92 bits per heavy atom. The normalized spacial score (nSPS) is 24.7. The van der Waals surface area contributed by atoms with Crippen LogP contribution in [-0.4, -0.2) is 52.8 Å². The summed E-state index contributed by atoms with van der Waals surface area (Å²) >= 11 is 6.18. The lowest BCUT2D eigenvalue weighted by atomic mass is 9.49. The maximum Gasteiger partial charge on any atom is 0.254 e. The Morgan fingerprint density at radius 1 is 1.22 bits per heavy atom. The number of carbonyl (C=O) groups excluding carboxylic acids is 1. The summed E-state index contributed by atoms with van der Waals surface area (Å²) in [6, 6.07) is 6.96. The molecule has 0 radical (unpaired) electrons. The van der Waals surface area contributed by atoms with Crippen LogP contribution in [0.5, 0.6) is 5.75 Å². The van der Waals surface area contributed by atoms with Gasteiger partial charge in [-0.05, 0) is 37.3 Å². The van der Waals surface area contributed by atoms with Crippen LogP contribution in [0.2, 0.25) is 5.02 Å². The third kappa shape index (κ3) is 5.00. The Morgan fingerprint density at radius 3 is 2.53 bits per heavy atom. The number of benzene rings is 1. The molecule has 0 spiro atoms. The van der Waals surface area contributed by atoms with E-state index >= 15 is 0 Å². The number of nitrogens with one attached hydrogen (secondary N) is 1. The summed E-state index contributed by atoms with van der Waals surface area (Å²) in [6.45, 7) is 10.1. The molecule has 1 aromatic heterocycles. The monoisotopic (exact) mass is 511 g/mol. The van der Waals surface area contributed by atoms with Gasteiger partial charge in [-0.3, -0.25) is 4.79 Å². The van der Waals surface area contributed by atoms with Crippen LogP contribution >= 0.6 is 11.6 Å². The molecule has 1 aliphatic heterocycles. The van der Waals surface area contributed by atoms with E-state index in [1.54, 1.807) is 30.6 Å². The van der Waals surface area contributed by atoms with Gasteiger partial charge in [-0.1, -0.05) is 39.3 Å². The van der Waals surface area contributed by atoms with Gasteiger partial charge >= 0.3 is 0 Å². The van der Waals surface area contributed by atoms with E-state index in [0.29, 0.717) is 33.8 Å². The number of nitrogens with zero attached hydrogens (tertiary/aromatic N) is 4. The number of nitriles is 1. The molecule has 1 atom stereocenters. The number of ether oxygens (including phenoxy) is 1. The van der Waals surface area contributed by atoms with Crippen LogP contribution in [0.15, 0.2) is 30.6 Å². The number of rotatable bonds is 6. The summed E-state index contributed by atoms with van der Waals surface area (Å²) in [4.78, 5) is 24.2. The Bertz CT molecular complexity index is 1130. The van der Waals surface area contributed by atoms with Crippen molar-refractivity contribution in [1.82, 2.24) is 15.3 Å². The molecule has 2 heterocycles. The van der Waals surface area contributed by atoms with Crippen molar-refractivity contribution in [2.24, 2.45) is 16.7 Å². The van der Waals surface area contributed by atoms with Crippen molar-refractivity contribution >= 4 is 23.5 Å². The van der Waals surface area contributed by atoms with Crippen molar-refractivity contribution < 1.29 is 14.6 Å². The van der Waals surface area contributed by atoms with Crippen LogP contribution in [0.25, 0.3) is 0 Å². The number of hydrogen-bond donors (Lipinski definition) is 2. The van der Waals surface area contributed by atoms with Gasteiger partial charge in [-0.2, -0.15) is 5.26 Å². The fourth-order valence-corrected chi connectivity index (χ4v) is 6.17. The van der Waals surface area contributed by atoms with Gasteiger partial charge < -0.3 is 20.1 Å². The molecule has 1 unspecified atom stereocenters. The number of carbonyl (C=O) groups is 1. The van der Waals surface area contributed by atoms with Crippen LogP contribution in [-0.2, 0) is 0 Å². The van der Waals surface area contributed by atoms with E-state index in [-0.39, 0.29) is 35.5 Å². The van der Waals surface area contributed by atoms with E-state index in [4.69, 9.17) is 21.6 Å². The Labute approximate surface area is 217 Å². The van der Waals surface area contributed by atoms with Gasteiger partial charge in [-0.25, -0.2) is 9.97 Å². The fourth-order valence-electron chi connectivity index (χ4n) is 5.96. The first-order valence-electron chi connectivity index (χ1n) is 12.4. The van der Waals surface area contributed by atoms with Gasteiger partial charge in [0.1, 0.15) is 17.9 Å². The van der Waals surface area contributed by atoms with E-state index in [9.17, 15) is 9.90 Å². The zero-order valence-corrected chi connectivity index (χ0v) is 22.0. The van der Waals surface area contributed by atoms with Gasteiger partial charge in [0.2, 0.25) is 5.95 Å². The van der Waals surface area contributed by atoms with E-state index in [2.05, 4.69) is 53.9 Å². The van der Waals surface area contributed by atoms with Crippen LogP contribution in [0.4, 0.5) is 5.95 Å². The van der Waals surface area contributed by atoms with Crippen molar-refractivity contribution in [1.29, 1.82) is 5.26 Å². The largest absolute Gasteiger partial charge is 0.489 e. The zero-order valence-electron chi connectivity index (χ0n) is 21.3. The third-order valence-corrected chi connectivity index (χ3v) is 8.03. The first-order chi connectivity index (χ1) is 17.1. The number of anilines is 1. The second-order valence-corrected chi connectivity index (χ2v) is 11.4. The lowest BCUT2D eigenvalue weighted by molar-refractivity contribution is -0.164. The molecule has 1 aliphatic carbocycles. The van der Waals surface area contributed by atoms with E-state index in [0.717, 1.165) is 32.4 Å². The molecule has 4 rings (SSSR count). The summed E-state index contributed by atoms with van der Waals surface area (Å²) < 4.78 is 6.30. The van der Waals surface area contributed by atoms with Crippen LogP contribution < -0.4 is 15.0 Å². The molecule has 1 saturated heterocycles. The molecule has 2 aliphatic rings. The molecule has 0 bridgehead atoms. The fraction of sp³-hybridized carbons (Fsp3) is 0.556. The molecule has 36 heavy (non-hydrogen) atoms. The first-order valence-corrected chi connectivity index (χ1v) is 12.8. The van der Waals surface area contributed by atoms with Gasteiger partial charge in [0, 0.05) is 55.0 Å². The summed E-state index contributed by atoms with van der Waals surface area (Å²) in [6.07, 6.45) is 5.88. The van der Waals surface area contributed by atoms with Crippen molar-refractivity contribution in [3.8, 4) is 11.8 Å². The van der Waals surface area contributed by atoms with Crippen LogP contribution in [0, 0.1) is 28.1 Å². The molecule has 2 fully saturated rings. The summed E-state index contributed by atoms with van der Waals surface area (Å²) in [5, 5.41) is 22.1. The highest BCUT2D eigenvalue weighted by atomic mass is 35.5. The zero-order chi connectivity index (χ0) is 26.1. The average molecular weight is 512 g/mol. The number of aliphatic hydroxyl groups excluding tert-OH is 1. The first kappa shape index (κ1) is 26.2. The molecule has 1 aromatic carbocycles. The van der Waals surface area contributed by atoms with E-state index in [1.807, 2.05) is 0 Å². The highest BCUT2D eigenvalue weighted by molar-refractivity contribution is 6.31. The standard InChI is InChI=1S/C27H34ClN5O3/c1-26(2)23(27(3,4)24(26)36-20-8-7-18(13-29)21(28)12-20)32-22(35)19-14-30-25(31-15-19)33-10-5-6-17(16-34)9-11-33/h7-8,12,14-15,17,23-24,34H,5-6,9-11,16H2,1-4H3,(H,32,35). The second kappa shape index (κ2) is 10.2. The van der Waals surface area contributed by atoms with E-state index < -0.39 is 0 Å². The van der Waals surface area contributed by atoms with Gasteiger partial charge in [0.25, 0.3) is 5.91 Å². The summed E-state index contributed by atoms with van der Waals surface area (Å²) in [7, 11) is 0. The molecule has 9 heteroatoms. The third-order valence-electron chi connectivity index (χ3n) is 7.72. The highest BCUT2D eigenvalue weighted by Crippen LogP contribution is 2.55.